The molecule has 2 amide bonds. The maximum atomic E-state index is 12.8. The van der Waals surface area contributed by atoms with Crippen molar-refractivity contribution in [1.82, 2.24) is 10.2 Å². The molecular formula is C20H28ClN3O3. The molecule has 0 spiro atoms. The first-order valence-corrected chi connectivity index (χ1v) is 10.0. The van der Waals surface area contributed by atoms with Gasteiger partial charge in [-0.05, 0) is 50.8 Å². The molecule has 0 saturated carbocycles. The first kappa shape index (κ1) is 20.0. The van der Waals surface area contributed by atoms with Crippen LogP contribution in [0.5, 0.6) is 5.75 Å². The number of hydrogen-bond donors (Lipinski definition) is 2. The Labute approximate surface area is 165 Å². The molecule has 0 aromatic heterocycles. The van der Waals surface area contributed by atoms with Crippen molar-refractivity contribution in [2.75, 3.05) is 32.1 Å². The summed E-state index contributed by atoms with van der Waals surface area (Å²) in [4.78, 5) is 26.6. The van der Waals surface area contributed by atoms with E-state index in [0.29, 0.717) is 40.5 Å². The largest absolute Gasteiger partial charge is 0.496 e. The normalized spacial score (nSPS) is 22.6. The Morgan fingerprint density at radius 3 is 2.74 bits per heavy atom. The van der Waals surface area contributed by atoms with E-state index in [0.717, 1.165) is 6.42 Å². The van der Waals surface area contributed by atoms with Gasteiger partial charge in [-0.1, -0.05) is 18.0 Å². The Morgan fingerprint density at radius 1 is 1.22 bits per heavy atom. The molecule has 2 aliphatic rings. The second kappa shape index (κ2) is 8.93. The number of halogens is 1. The number of nitrogens with one attached hydrogen (secondary N) is 2. The first-order valence-electron chi connectivity index (χ1n) is 9.67. The van der Waals surface area contributed by atoms with Gasteiger partial charge in [0.05, 0.1) is 23.4 Å². The average molecular weight is 394 g/mol. The molecule has 6 nitrogen and oxygen atoms in total. The number of piperidine rings is 2. The molecule has 7 heteroatoms. The van der Waals surface area contributed by atoms with E-state index in [2.05, 4.69) is 15.5 Å². The quantitative estimate of drug-likeness (QED) is 0.805. The third kappa shape index (κ3) is 4.74. The van der Waals surface area contributed by atoms with E-state index in [1.807, 2.05) is 0 Å². The van der Waals surface area contributed by atoms with Crippen LogP contribution in [0.15, 0.2) is 12.1 Å². The molecule has 2 fully saturated rings. The molecule has 0 bridgehead atoms. The van der Waals surface area contributed by atoms with Gasteiger partial charge in [-0.2, -0.15) is 0 Å². The number of benzene rings is 1. The summed E-state index contributed by atoms with van der Waals surface area (Å²) >= 11 is 6.23. The first-order chi connectivity index (χ1) is 13.0. The van der Waals surface area contributed by atoms with Crippen molar-refractivity contribution in [1.29, 1.82) is 0 Å². The van der Waals surface area contributed by atoms with Gasteiger partial charge in [-0.3, -0.25) is 9.59 Å². The summed E-state index contributed by atoms with van der Waals surface area (Å²) < 4.78 is 5.34. The van der Waals surface area contributed by atoms with Crippen LogP contribution in [-0.2, 0) is 4.79 Å². The molecule has 148 valence electrons. The zero-order chi connectivity index (χ0) is 19.4. The lowest BCUT2D eigenvalue weighted by atomic mass is 9.83. The third-order valence-electron chi connectivity index (χ3n) is 5.60. The molecular weight excluding hydrogens is 366 g/mol. The summed E-state index contributed by atoms with van der Waals surface area (Å²) in [6.07, 6.45) is 6.13. The monoisotopic (exact) mass is 393 g/mol. The number of methoxy groups -OCH3 is 1. The predicted octanol–water partition coefficient (Wildman–Crippen LogP) is 3.30. The van der Waals surface area contributed by atoms with Gasteiger partial charge in [0.25, 0.3) is 5.91 Å². The van der Waals surface area contributed by atoms with Gasteiger partial charge in [0.15, 0.2) is 0 Å². The lowest BCUT2D eigenvalue weighted by molar-refractivity contribution is -0.114. The van der Waals surface area contributed by atoms with Crippen LogP contribution < -0.4 is 15.4 Å². The van der Waals surface area contributed by atoms with Crippen molar-refractivity contribution in [2.45, 2.75) is 45.1 Å². The standard InChI is InChI=1S/C20H28ClN3O3/c1-13(25)23-17-11-19(27-2)15(10-16(17)21)20(26)22-12-14-6-5-9-24-8-4-3-7-18(14)24/h10-11,14,18H,3-9,12H2,1-2H3,(H,22,26)(H,23,25)/t14-,18+/m1/s1. The van der Waals surface area contributed by atoms with Crippen LogP contribution in [0.1, 0.15) is 49.4 Å². The molecule has 2 aliphatic heterocycles. The number of rotatable bonds is 5. The molecule has 1 aromatic rings. The van der Waals surface area contributed by atoms with E-state index in [4.69, 9.17) is 16.3 Å². The van der Waals surface area contributed by atoms with Crippen LogP contribution in [0.4, 0.5) is 5.69 Å². The summed E-state index contributed by atoms with van der Waals surface area (Å²) in [5.41, 5.74) is 0.815. The Morgan fingerprint density at radius 2 is 2.00 bits per heavy atom. The van der Waals surface area contributed by atoms with Gasteiger partial charge in [0, 0.05) is 25.6 Å². The van der Waals surface area contributed by atoms with Gasteiger partial charge >= 0.3 is 0 Å². The van der Waals surface area contributed by atoms with Crippen molar-refractivity contribution in [3.05, 3.63) is 22.7 Å². The highest BCUT2D eigenvalue weighted by molar-refractivity contribution is 6.34. The minimum atomic E-state index is -0.231. The highest BCUT2D eigenvalue weighted by Crippen LogP contribution is 2.32. The van der Waals surface area contributed by atoms with Crippen molar-refractivity contribution in [3.63, 3.8) is 0 Å². The number of amides is 2. The van der Waals surface area contributed by atoms with E-state index in [-0.39, 0.29) is 11.8 Å². The van der Waals surface area contributed by atoms with Crippen LogP contribution in [0.2, 0.25) is 5.02 Å². The second-order valence-electron chi connectivity index (χ2n) is 7.42. The fourth-order valence-electron chi connectivity index (χ4n) is 4.32. The number of carbonyl (C=O) groups is 2. The molecule has 2 saturated heterocycles. The minimum absolute atomic E-state index is 0.198. The highest BCUT2D eigenvalue weighted by Gasteiger charge is 2.33. The van der Waals surface area contributed by atoms with E-state index in [9.17, 15) is 9.59 Å². The summed E-state index contributed by atoms with van der Waals surface area (Å²) in [6.45, 7) is 4.43. The van der Waals surface area contributed by atoms with Crippen LogP contribution >= 0.6 is 11.6 Å². The Kier molecular flexibility index (Phi) is 6.60. The van der Waals surface area contributed by atoms with Crippen molar-refractivity contribution in [3.8, 4) is 5.75 Å². The fourth-order valence-corrected chi connectivity index (χ4v) is 4.53. The van der Waals surface area contributed by atoms with Crippen LogP contribution in [0.3, 0.4) is 0 Å². The minimum Gasteiger partial charge on any atom is -0.496 e. The van der Waals surface area contributed by atoms with Crippen LogP contribution in [0, 0.1) is 5.92 Å². The number of hydrogen-bond acceptors (Lipinski definition) is 4. The fraction of sp³-hybridized carbons (Fsp3) is 0.600. The van der Waals surface area contributed by atoms with Crippen molar-refractivity contribution in [2.24, 2.45) is 5.92 Å². The number of fused-ring (bicyclic) bond motifs is 1. The Hall–Kier alpha value is -1.79. The highest BCUT2D eigenvalue weighted by atomic mass is 35.5. The van der Waals surface area contributed by atoms with Crippen molar-refractivity contribution >= 4 is 29.1 Å². The van der Waals surface area contributed by atoms with Gasteiger partial charge < -0.3 is 20.3 Å². The van der Waals surface area contributed by atoms with Crippen LogP contribution in [-0.4, -0.2) is 49.5 Å². The molecule has 2 heterocycles. The smallest absolute Gasteiger partial charge is 0.255 e. The van der Waals surface area contributed by atoms with Crippen LogP contribution in [0.25, 0.3) is 0 Å². The van der Waals surface area contributed by atoms with Gasteiger partial charge in [0.1, 0.15) is 5.75 Å². The topological polar surface area (TPSA) is 70.7 Å². The summed E-state index contributed by atoms with van der Waals surface area (Å²) in [5.74, 6) is 0.452. The van der Waals surface area contributed by atoms with E-state index in [1.165, 1.54) is 52.8 Å². The molecule has 1 aromatic carbocycles. The SMILES string of the molecule is COc1cc(NC(C)=O)c(Cl)cc1C(=O)NC[C@H]1CCCN2CCCC[C@@H]12. The maximum Gasteiger partial charge on any atom is 0.255 e. The predicted molar refractivity (Wildman–Crippen MR) is 107 cm³/mol. The van der Waals surface area contributed by atoms with E-state index in [1.54, 1.807) is 12.1 Å². The van der Waals surface area contributed by atoms with Crippen molar-refractivity contribution < 1.29 is 14.3 Å². The average Bonchev–Trinajstić information content (AvgIpc) is 2.67. The van der Waals surface area contributed by atoms with E-state index < -0.39 is 0 Å². The maximum absolute atomic E-state index is 12.8. The summed E-state index contributed by atoms with van der Waals surface area (Å²) in [5, 5.41) is 6.03. The molecule has 0 aliphatic carbocycles. The number of nitrogens with zero attached hydrogens (tertiary/aromatic N) is 1. The second-order valence-corrected chi connectivity index (χ2v) is 7.83. The Bertz CT molecular complexity index is 708. The molecule has 27 heavy (non-hydrogen) atoms. The molecule has 3 rings (SSSR count). The van der Waals surface area contributed by atoms with E-state index >= 15 is 0 Å². The zero-order valence-electron chi connectivity index (χ0n) is 16.0. The van der Waals surface area contributed by atoms with Gasteiger partial charge in [0.2, 0.25) is 5.91 Å². The number of carbonyl (C=O) groups excluding carboxylic acids is 2. The molecule has 2 N–H and O–H groups in total. The third-order valence-corrected chi connectivity index (χ3v) is 5.91. The molecule has 2 atom stereocenters. The number of anilines is 1. The summed E-state index contributed by atoms with van der Waals surface area (Å²) in [6, 6.07) is 3.72. The van der Waals surface area contributed by atoms with Gasteiger partial charge in [-0.25, -0.2) is 0 Å². The lowest BCUT2D eigenvalue weighted by Crippen LogP contribution is -2.51. The van der Waals surface area contributed by atoms with Gasteiger partial charge in [-0.15, -0.1) is 0 Å². The Balaban J connectivity index is 1.68. The lowest BCUT2D eigenvalue weighted by Gasteiger charge is -2.44. The zero-order valence-corrected chi connectivity index (χ0v) is 16.8. The molecule has 0 radical (unpaired) electrons. The molecule has 0 unspecified atom stereocenters. The summed E-state index contributed by atoms with van der Waals surface area (Å²) in [7, 11) is 1.50. The number of ether oxygens (including phenoxy) is 1.